The zero-order valence-electron chi connectivity index (χ0n) is 10.1. The molecule has 1 aromatic heterocycles. The molecule has 2 rings (SSSR count). The minimum atomic E-state index is 0.0176. The van der Waals surface area contributed by atoms with E-state index in [2.05, 4.69) is 26.9 Å². The maximum Gasteiger partial charge on any atom is 0.226 e. The van der Waals surface area contributed by atoms with E-state index in [1.165, 1.54) is 0 Å². The smallest absolute Gasteiger partial charge is 0.226 e. The van der Waals surface area contributed by atoms with Crippen LogP contribution in [0.3, 0.4) is 0 Å². The van der Waals surface area contributed by atoms with E-state index in [1.54, 1.807) is 6.07 Å². The summed E-state index contributed by atoms with van der Waals surface area (Å²) < 4.78 is 0. The van der Waals surface area contributed by atoms with Gasteiger partial charge >= 0.3 is 0 Å². The van der Waals surface area contributed by atoms with Gasteiger partial charge in [0.2, 0.25) is 5.95 Å². The van der Waals surface area contributed by atoms with E-state index in [0.29, 0.717) is 17.6 Å². The van der Waals surface area contributed by atoms with Gasteiger partial charge < -0.3 is 15.8 Å². The number of aryl methyl sites for hydroxylation is 1. The lowest BCUT2D eigenvalue weighted by atomic mass is 10.2. The first-order chi connectivity index (χ1) is 8.10. The highest BCUT2D eigenvalue weighted by Crippen LogP contribution is 2.20. The minimum Gasteiger partial charge on any atom is -0.409 e. The number of aromatic nitrogens is 2. The lowest BCUT2D eigenvalue weighted by Crippen LogP contribution is -2.24. The van der Waals surface area contributed by atoms with Crippen LogP contribution < -0.4 is 10.6 Å². The van der Waals surface area contributed by atoms with Crippen LogP contribution in [0.15, 0.2) is 11.2 Å². The molecule has 1 aliphatic rings. The van der Waals surface area contributed by atoms with Crippen LogP contribution in [0.4, 0.5) is 5.95 Å². The third-order valence-electron chi connectivity index (χ3n) is 2.92. The molecule has 0 radical (unpaired) electrons. The van der Waals surface area contributed by atoms with Crippen LogP contribution in [0.1, 0.15) is 24.7 Å². The Labute approximate surface area is 100 Å². The van der Waals surface area contributed by atoms with Crippen LogP contribution in [0, 0.1) is 12.8 Å². The third-order valence-corrected chi connectivity index (χ3v) is 2.92. The molecular formula is C11H17N5O. The van der Waals surface area contributed by atoms with Crippen molar-refractivity contribution in [1.82, 2.24) is 9.97 Å². The molecule has 2 heterocycles. The van der Waals surface area contributed by atoms with Gasteiger partial charge in [0, 0.05) is 18.8 Å². The van der Waals surface area contributed by atoms with Gasteiger partial charge in [-0.2, -0.15) is 0 Å². The number of hydrogen-bond donors (Lipinski definition) is 2. The van der Waals surface area contributed by atoms with E-state index >= 15 is 0 Å². The Bertz CT molecular complexity index is 445. The Morgan fingerprint density at radius 2 is 2.35 bits per heavy atom. The number of amidine groups is 1. The van der Waals surface area contributed by atoms with Crippen molar-refractivity contribution in [3.8, 4) is 0 Å². The van der Waals surface area contributed by atoms with Gasteiger partial charge in [0.25, 0.3) is 0 Å². The molecule has 6 nitrogen and oxygen atoms in total. The Morgan fingerprint density at radius 1 is 1.59 bits per heavy atom. The fourth-order valence-corrected chi connectivity index (χ4v) is 1.99. The van der Waals surface area contributed by atoms with Crippen LogP contribution in [0.25, 0.3) is 0 Å². The van der Waals surface area contributed by atoms with Crippen molar-refractivity contribution in [1.29, 1.82) is 0 Å². The number of nitrogens with two attached hydrogens (primary N) is 1. The number of hydrogen-bond acceptors (Lipinski definition) is 5. The zero-order valence-corrected chi connectivity index (χ0v) is 10.1. The van der Waals surface area contributed by atoms with Crippen LogP contribution in [-0.4, -0.2) is 34.1 Å². The molecule has 0 bridgehead atoms. The van der Waals surface area contributed by atoms with Crippen molar-refractivity contribution < 1.29 is 5.21 Å². The highest BCUT2D eigenvalue weighted by atomic mass is 16.4. The fraction of sp³-hybridized carbons (Fsp3) is 0.545. The Kier molecular flexibility index (Phi) is 3.12. The summed E-state index contributed by atoms with van der Waals surface area (Å²) in [6.45, 7) is 6.00. The molecule has 1 aliphatic heterocycles. The molecule has 3 N–H and O–H groups in total. The van der Waals surface area contributed by atoms with Crippen LogP contribution >= 0.6 is 0 Å². The summed E-state index contributed by atoms with van der Waals surface area (Å²) >= 11 is 0. The first-order valence-corrected chi connectivity index (χ1v) is 5.68. The SMILES string of the molecule is Cc1cc(/C(N)=N/O)nc(N2CCC(C)C2)n1. The topological polar surface area (TPSA) is 87.6 Å². The molecule has 1 unspecified atom stereocenters. The van der Waals surface area contributed by atoms with Crippen molar-refractivity contribution in [3.05, 3.63) is 17.5 Å². The average Bonchev–Trinajstić information content (AvgIpc) is 2.74. The van der Waals surface area contributed by atoms with Gasteiger partial charge in [-0.1, -0.05) is 12.1 Å². The van der Waals surface area contributed by atoms with Crippen LogP contribution in [0.2, 0.25) is 0 Å². The van der Waals surface area contributed by atoms with Crippen molar-refractivity contribution >= 4 is 11.8 Å². The van der Waals surface area contributed by atoms with Gasteiger partial charge in [-0.25, -0.2) is 9.97 Å². The average molecular weight is 235 g/mol. The summed E-state index contributed by atoms with van der Waals surface area (Å²) in [6, 6.07) is 1.71. The molecule has 1 atom stereocenters. The van der Waals surface area contributed by atoms with Gasteiger partial charge in [0.05, 0.1) is 0 Å². The molecule has 0 amide bonds. The number of oxime groups is 1. The van der Waals surface area contributed by atoms with Crippen molar-refractivity contribution in [2.24, 2.45) is 16.8 Å². The molecule has 92 valence electrons. The van der Waals surface area contributed by atoms with Crippen molar-refractivity contribution in [2.45, 2.75) is 20.3 Å². The molecule has 1 fully saturated rings. The fourth-order valence-electron chi connectivity index (χ4n) is 1.99. The highest BCUT2D eigenvalue weighted by Gasteiger charge is 2.21. The number of anilines is 1. The van der Waals surface area contributed by atoms with E-state index in [-0.39, 0.29) is 5.84 Å². The van der Waals surface area contributed by atoms with Gasteiger partial charge in [-0.05, 0) is 25.3 Å². The van der Waals surface area contributed by atoms with Crippen molar-refractivity contribution in [3.63, 3.8) is 0 Å². The van der Waals surface area contributed by atoms with Gasteiger partial charge in [-0.15, -0.1) is 0 Å². The predicted molar refractivity (Wildman–Crippen MR) is 65.3 cm³/mol. The summed E-state index contributed by atoms with van der Waals surface area (Å²) in [5, 5.41) is 11.6. The molecule has 17 heavy (non-hydrogen) atoms. The lowest BCUT2D eigenvalue weighted by molar-refractivity contribution is 0.318. The first kappa shape index (κ1) is 11.6. The quantitative estimate of drug-likeness (QED) is 0.341. The third kappa shape index (κ3) is 2.46. The van der Waals surface area contributed by atoms with Crippen LogP contribution in [0.5, 0.6) is 0 Å². The summed E-state index contributed by atoms with van der Waals surface area (Å²) in [5.74, 6) is 1.34. The number of nitrogens with zero attached hydrogens (tertiary/aromatic N) is 4. The molecule has 6 heteroatoms. The zero-order chi connectivity index (χ0) is 12.4. The summed E-state index contributed by atoms with van der Waals surface area (Å²) in [5.41, 5.74) is 6.83. The summed E-state index contributed by atoms with van der Waals surface area (Å²) in [4.78, 5) is 10.8. The van der Waals surface area contributed by atoms with Gasteiger partial charge in [-0.3, -0.25) is 0 Å². The molecule has 0 aliphatic carbocycles. The monoisotopic (exact) mass is 235 g/mol. The summed E-state index contributed by atoms with van der Waals surface area (Å²) in [6.07, 6.45) is 1.15. The minimum absolute atomic E-state index is 0.0176. The second kappa shape index (κ2) is 4.57. The van der Waals surface area contributed by atoms with Gasteiger partial charge in [0.1, 0.15) is 5.69 Å². The molecule has 0 saturated carbocycles. The second-order valence-electron chi connectivity index (χ2n) is 4.52. The second-order valence-corrected chi connectivity index (χ2v) is 4.52. The van der Waals surface area contributed by atoms with E-state index in [9.17, 15) is 0 Å². The molecule has 0 aromatic carbocycles. The Morgan fingerprint density at radius 3 is 2.94 bits per heavy atom. The molecule has 1 aromatic rings. The number of rotatable bonds is 2. The predicted octanol–water partition coefficient (Wildman–Crippen LogP) is 0.726. The molecule has 1 saturated heterocycles. The Balaban J connectivity index is 2.32. The first-order valence-electron chi connectivity index (χ1n) is 5.68. The Hall–Kier alpha value is -1.85. The normalized spacial score (nSPS) is 20.9. The summed E-state index contributed by atoms with van der Waals surface area (Å²) in [7, 11) is 0. The van der Waals surface area contributed by atoms with Crippen molar-refractivity contribution in [2.75, 3.05) is 18.0 Å². The molecular weight excluding hydrogens is 218 g/mol. The van der Waals surface area contributed by atoms with E-state index in [4.69, 9.17) is 10.9 Å². The molecule has 0 spiro atoms. The van der Waals surface area contributed by atoms with Crippen LogP contribution in [-0.2, 0) is 0 Å². The largest absolute Gasteiger partial charge is 0.409 e. The standard InChI is InChI=1S/C11H17N5O/c1-7-3-4-16(6-7)11-13-8(2)5-9(14-11)10(12)15-17/h5,7,17H,3-4,6H2,1-2H3,(H2,12,15). The maximum absolute atomic E-state index is 8.67. The van der Waals surface area contributed by atoms with Gasteiger partial charge in [0.15, 0.2) is 5.84 Å². The van der Waals surface area contributed by atoms with E-state index in [1.807, 2.05) is 6.92 Å². The highest BCUT2D eigenvalue weighted by molar-refractivity contribution is 5.95. The van der Waals surface area contributed by atoms with E-state index < -0.39 is 0 Å². The van der Waals surface area contributed by atoms with E-state index in [0.717, 1.165) is 25.2 Å². The maximum atomic E-state index is 8.67. The lowest BCUT2D eigenvalue weighted by Gasteiger charge is -2.16.